The summed E-state index contributed by atoms with van der Waals surface area (Å²) in [5, 5.41) is 5.76. The number of fused-ring (bicyclic) bond motifs is 2. The number of imide groups is 1. The SMILES string of the molecule is C[C@@]1(c2ccc3c(c2)OCCCO3)NC(=O)N(CC(=O)N[C@@H]2CCCc3ccccc32)C1=O. The van der Waals surface area contributed by atoms with Crippen LogP contribution in [0, 0.1) is 0 Å². The average molecular weight is 450 g/mol. The summed E-state index contributed by atoms with van der Waals surface area (Å²) < 4.78 is 11.4. The van der Waals surface area contributed by atoms with Gasteiger partial charge in [-0.2, -0.15) is 0 Å². The van der Waals surface area contributed by atoms with Crippen LogP contribution < -0.4 is 20.1 Å². The predicted molar refractivity (Wildman–Crippen MR) is 120 cm³/mol. The highest BCUT2D eigenvalue weighted by Gasteiger charge is 2.50. The van der Waals surface area contributed by atoms with E-state index in [0.29, 0.717) is 30.3 Å². The van der Waals surface area contributed by atoms with E-state index >= 15 is 0 Å². The Morgan fingerprint density at radius 2 is 1.91 bits per heavy atom. The van der Waals surface area contributed by atoms with Crippen LogP contribution in [0.15, 0.2) is 42.5 Å². The lowest BCUT2D eigenvalue weighted by Crippen LogP contribution is -2.44. The summed E-state index contributed by atoms with van der Waals surface area (Å²) in [6.07, 6.45) is 3.57. The second-order valence-electron chi connectivity index (χ2n) is 8.87. The highest BCUT2D eigenvalue weighted by atomic mass is 16.5. The first-order valence-corrected chi connectivity index (χ1v) is 11.4. The molecule has 2 aromatic carbocycles. The maximum absolute atomic E-state index is 13.3. The molecule has 8 heteroatoms. The number of carbonyl (C=O) groups excluding carboxylic acids is 3. The summed E-state index contributed by atoms with van der Waals surface area (Å²) in [7, 11) is 0. The van der Waals surface area contributed by atoms with Gasteiger partial charge in [0.2, 0.25) is 5.91 Å². The van der Waals surface area contributed by atoms with Crippen molar-refractivity contribution in [3.63, 3.8) is 0 Å². The number of rotatable bonds is 4. The van der Waals surface area contributed by atoms with Gasteiger partial charge in [0.05, 0.1) is 19.3 Å². The quantitative estimate of drug-likeness (QED) is 0.700. The van der Waals surface area contributed by atoms with Gasteiger partial charge in [-0.05, 0) is 55.0 Å². The maximum Gasteiger partial charge on any atom is 0.325 e. The molecule has 172 valence electrons. The number of hydrogen-bond donors (Lipinski definition) is 2. The summed E-state index contributed by atoms with van der Waals surface area (Å²) in [5.41, 5.74) is 1.62. The van der Waals surface area contributed by atoms with Crippen molar-refractivity contribution >= 4 is 17.8 Å². The molecule has 0 spiro atoms. The number of hydrogen-bond acceptors (Lipinski definition) is 5. The summed E-state index contributed by atoms with van der Waals surface area (Å²) in [5.74, 6) is 0.324. The van der Waals surface area contributed by atoms with Crippen molar-refractivity contribution in [3.8, 4) is 11.5 Å². The summed E-state index contributed by atoms with van der Waals surface area (Å²) >= 11 is 0. The molecule has 5 rings (SSSR count). The van der Waals surface area contributed by atoms with Crippen LogP contribution >= 0.6 is 0 Å². The van der Waals surface area contributed by atoms with Crippen molar-refractivity contribution in [2.24, 2.45) is 0 Å². The first kappa shape index (κ1) is 21.3. The fraction of sp³-hybridized carbons (Fsp3) is 0.400. The Labute approximate surface area is 192 Å². The van der Waals surface area contributed by atoms with Crippen molar-refractivity contribution in [3.05, 3.63) is 59.2 Å². The molecule has 2 atom stereocenters. The summed E-state index contributed by atoms with van der Waals surface area (Å²) in [4.78, 5) is 39.8. The Balaban J connectivity index is 1.31. The third-order valence-corrected chi connectivity index (χ3v) is 6.61. The molecule has 0 aromatic heterocycles. The number of urea groups is 1. The molecule has 33 heavy (non-hydrogen) atoms. The van der Waals surface area contributed by atoms with Gasteiger partial charge < -0.3 is 20.1 Å². The Morgan fingerprint density at radius 1 is 1.12 bits per heavy atom. The molecular weight excluding hydrogens is 422 g/mol. The van der Waals surface area contributed by atoms with E-state index in [1.165, 1.54) is 5.56 Å². The minimum absolute atomic E-state index is 0.115. The van der Waals surface area contributed by atoms with E-state index in [1.807, 2.05) is 18.2 Å². The molecule has 0 unspecified atom stereocenters. The maximum atomic E-state index is 13.3. The summed E-state index contributed by atoms with van der Waals surface area (Å²) in [6.45, 7) is 2.39. The molecule has 0 bridgehead atoms. The molecule has 1 aliphatic carbocycles. The van der Waals surface area contributed by atoms with Gasteiger partial charge in [-0.1, -0.05) is 30.3 Å². The van der Waals surface area contributed by atoms with Crippen molar-refractivity contribution < 1.29 is 23.9 Å². The standard InChI is InChI=1S/C25H27N3O5/c1-25(17-10-11-20-21(14-17)33-13-5-12-32-20)23(30)28(24(31)27-25)15-22(29)26-19-9-4-7-16-6-2-3-8-18(16)19/h2-3,6,8,10-11,14,19H,4-5,7,9,12-13,15H2,1H3,(H,26,29)(H,27,31)/t19-,25+/m1/s1. The second-order valence-corrected chi connectivity index (χ2v) is 8.87. The first-order chi connectivity index (χ1) is 16.0. The smallest absolute Gasteiger partial charge is 0.325 e. The van der Waals surface area contributed by atoms with E-state index in [1.54, 1.807) is 25.1 Å². The Morgan fingerprint density at radius 3 is 2.76 bits per heavy atom. The minimum Gasteiger partial charge on any atom is -0.490 e. The van der Waals surface area contributed by atoms with Crippen molar-refractivity contribution in [2.45, 2.75) is 44.2 Å². The third kappa shape index (κ3) is 3.90. The number of carbonyl (C=O) groups is 3. The van der Waals surface area contributed by atoms with Gasteiger partial charge in [0.15, 0.2) is 11.5 Å². The number of benzene rings is 2. The number of ether oxygens (including phenoxy) is 2. The normalized spacial score (nSPS) is 24.0. The molecule has 4 amide bonds. The zero-order chi connectivity index (χ0) is 23.0. The molecule has 2 N–H and O–H groups in total. The van der Waals surface area contributed by atoms with Crippen LogP contribution in [0.5, 0.6) is 11.5 Å². The molecule has 2 aromatic rings. The average Bonchev–Trinajstić information content (AvgIpc) is 2.98. The first-order valence-electron chi connectivity index (χ1n) is 11.4. The monoisotopic (exact) mass is 449 g/mol. The lowest BCUT2D eigenvalue weighted by atomic mass is 9.88. The molecule has 0 saturated carbocycles. The van der Waals surface area contributed by atoms with E-state index < -0.39 is 17.5 Å². The van der Waals surface area contributed by atoms with Crippen LogP contribution in [0.1, 0.15) is 48.9 Å². The zero-order valence-corrected chi connectivity index (χ0v) is 18.6. The number of nitrogens with zero attached hydrogens (tertiary/aromatic N) is 1. The number of nitrogens with one attached hydrogen (secondary N) is 2. The van der Waals surface area contributed by atoms with Crippen LogP contribution in [-0.2, 0) is 21.5 Å². The summed E-state index contributed by atoms with van der Waals surface area (Å²) in [6, 6.07) is 12.6. The fourth-order valence-electron chi connectivity index (χ4n) is 4.80. The fourth-order valence-corrected chi connectivity index (χ4v) is 4.80. The van der Waals surface area contributed by atoms with E-state index in [-0.39, 0.29) is 18.5 Å². The highest BCUT2D eigenvalue weighted by Crippen LogP contribution is 2.36. The van der Waals surface area contributed by atoms with E-state index in [4.69, 9.17) is 9.47 Å². The molecule has 3 aliphatic rings. The van der Waals surface area contributed by atoms with E-state index in [9.17, 15) is 14.4 Å². The van der Waals surface area contributed by atoms with Crippen LogP contribution in [-0.4, -0.2) is 42.5 Å². The molecular formula is C25H27N3O5. The predicted octanol–water partition coefficient (Wildman–Crippen LogP) is 2.81. The molecule has 2 heterocycles. The van der Waals surface area contributed by atoms with E-state index in [2.05, 4.69) is 16.7 Å². The number of aryl methyl sites for hydroxylation is 1. The van der Waals surface area contributed by atoms with Crippen LogP contribution in [0.25, 0.3) is 0 Å². The number of amides is 4. The van der Waals surface area contributed by atoms with Crippen LogP contribution in [0.2, 0.25) is 0 Å². The van der Waals surface area contributed by atoms with Gasteiger partial charge in [-0.25, -0.2) is 4.79 Å². The molecule has 8 nitrogen and oxygen atoms in total. The molecule has 1 fully saturated rings. The van der Waals surface area contributed by atoms with Gasteiger partial charge in [-0.3, -0.25) is 14.5 Å². The van der Waals surface area contributed by atoms with Crippen LogP contribution in [0.4, 0.5) is 4.79 Å². The topological polar surface area (TPSA) is 97.0 Å². The van der Waals surface area contributed by atoms with Crippen LogP contribution in [0.3, 0.4) is 0 Å². The molecule has 2 aliphatic heterocycles. The lowest BCUT2D eigenvalue weighted by Gasteiger charge is -2.27. The minimum atomic E-state index is -1.29. The zero-order valence-electron chi connectivity index (χ0n) is 18.6. The Hall–Kier alpha value is -3.55. The van der Waals surface area contributed by atoms with Gasteiger partial charge in [0, 0.05) is 6.42 Å². The molecule has 0 radical (unpaired) electrons. The third-order valence-electron chi connectivity index (χ3n) is 6.61. The highest BCUT2D eigenvalue weighted by molar-refractivity contribution is 6.09. The Bertz CT molecular complexity index is 1120. The van der Waals surface area contributed by atoms with Crippen molar-refractivity contribution in [1.29, 1.82) is 0 Å². The van der Waals surface area contributed by atoms with Crippen molar-refractivity contribution in [2.75, 3.05) is 19.8 Å². The van der Waals surface area contributed by atoms with Gasteiger partial charge in [0.1, 0.15) is 12.1 Å². The largest absolute Gasteiger partial charge is 0.490 e. The van der Waals surface area contributed by atoms with Gasteiger partial charge in [-0.15, -0.1) is 0 Å². The molecule has 1 saturated heterocycles. The van der Waals surface area contributed by atoms with E-state index in [0.717, 1.165) is 36.1 Å². The van der Waals surface area contributed by atoms with Gasteiger partial charge in [0.25, 0.3) is 5.91 Å². The second kappa shape index (κ2) is 8.42. The lowest BCUT2D eigenvalue weighted by molar-refractivity contribution is -0.135. The van der Waals surface area contributed by atoms with Gasteiger partial charge >= 0.3 is 6.03 Å². The van der Waals surface area contributed by atoms with Crippen molar-refractivity contribution in [1.82, 2.24) is 15.5 Å². The Kier molecular flexibility index (Phi) is 5.44.